The molecule has 0 unspecified atom stereocenters. The number of hydrogen-bond donors (Lipinski definition) is 0. The molecule has 5 heteroatoms. The molecule has 0 aliphatic carbocycles. The van der Waals surface area contributed by atoms with Gasteiger partial charge in [-0.3, -0.25) is 9.59 Å². The maximum atomic E-state index is 10.6. The van der Waals surface area contributed by atoms with E-state index in [9.17, 15) is 9.59 Å². The fourth-order valence-corrected chi connectivity index (χ4v) is 0.503. The van der Waals surface area contributed by atoms with Crippen LogP contribution < -0.4 is 0 Å². The van der Waals surface area contributed by atoms with Gasteiger partial charge in [-0.15, -0.1) is 0 Å². The summed E-state index contributed by atoms with van der Waals surface area (Å²) in [6.45, 7) is 0.122. The Labute approximate surface area is 56.7 Å². The average Bonchev–Trinajstić information content (AvgIpc) is 1.94. The van der Waals surface area contributed by atoms with Crippen LogP contribution in [0.1, 0.15) is 6.42 Å². The third-order valence-electron chi connectivity index (χ3n) is 0.888. The van der Waals surface area contributed by atoms with E-state index in [-0.39, 0.29) is 12.9 Å². The molecule has 1 aliphatic heterocycles. The van der Waals surface area contributed by atoms with Gasteiger partial charge in [0, 0.05) is 5.23 Å². The molecular weight excluding hydrogens is 138 g/mol. The van der Waals surface area contributed by atoms with Gasteiger partial charge in [-0.2, -0.15) is 0 Å². The minimum atomic E-state index is -0.408. The van der Waals surface area contributed by atoms with Gasteiger partial charge in [0.15, 0.2) is 0 Å². The average molecular weight is 143 g/mol. The van der Waals surface area contributed by atoms with Crippen molar-refractivity contribution in [3.05, 3.63) is 12.3 Å². The van der Waals surface area contributed by atoms with E-state index in [0.717, 1.165) is 0 Å². The third kappa shape index (κ3) is 1.25. The molecule has 0 saturated heterocycles. The normalized spacial score (nSPS) is 16.4. The van der Waals surface area contributed by atoms with Gasteiger partial charge in [0.05, 0.1) is 6.42 Å². The highest BCUT2D eigenvalue weighted by molar-refractivity contribution is 5.76. The highest BCUT2D eigenvalue weighted by Gasteiger charge is 2.16. The molecule has 1 rings (SSSR count). The Morgan fingerprint density at radius 2 is 2.60 bits per heavy atom. The van der Waals surface area contributed by atoms with Crippen LogP contribution in [0.25, 0.3) is 0 Å². The molecule has 1 aliphatic rings. The van der Waals surface area contributed by atoms with Crippen LogP contribution in [-0.4, -0.2) is 17.6 Å². The maximum absolute atomic E-state index is 10.6. The Hall–Kier alpha value is -1.52. The SMILES string of the molecule is O=CON1OC=CCC1=O. The molecule has 1 heterocycles. The fraction of sp³-hybridized carbons (Fsp3) is 0.200. The number of rotatable bonds is 2. The van der Waals surface area contributed by atoms with Gasteiger partial charge in [0.2, 0.25) is 0 Å². The number of hydroxylamine groups is 2. The zero-order valence-corrected chi connectivity index (χ0v) is 5.02. The van der Waals surface area contributed by atoms with E-state index in [2.05, 4.69) is 9.68 Å². The van der Waals surface area contributed by atoms with Gasteiger partial charge in [-0.05, 0) is 6.08 Å². The van der Waals surface area contributed by atoms with Crippen LogP contribution in [0, 0.1) is 0 Å². The van der Waals surface area contributed by atoms with E-state index in [1.165, 1.54) is 12.3 Å². The second kappa shape index (κ2) is 2.86. The lowest BCUT2D eigenvalue weighted by Crippen LogP contribution is -2.30. The minimum Gasteiger partial charge on any atom is -0.351 e. The second-order valence-corrected chi connectivity index (χ2v) is 1.53. The lowest BCUT2D eigenvalue weighted by atomic mass is 10.4. The number of amides is 1. The van der Waals surface area contributed by atoms with Crippen LogP contribution in [0.15, 0.2) is 12.3 Å². The number of carbonyl (C=O) groups is 2. The van der Waals surface area contributed by atoms with Crippen molar-refractivity contribution in [3.8, 4) is 0 Å². The van der Waals surface area contributed by atoms with Gasteiger partial charge < -0.3 is 9.68 Å². The van der Waals surface area contributed by atoms with Crippen LogP contribution in [0.3, 0.4) is 0 Å². The van der Waals surface area contributed by atoms with Gasteiger partial charge in [0.25, 0.3) is 0 Å². The number of hydrogen-bond acceptors (Lipinski definition) is 4. The van der Waals surface area contributed by atoms with Crippen LogP contribution in [0.2, 0.25) is 0 Å². The molecule has 1 amide bonds. The molecule has 0 bridgehead atoms. The zero-order chi connectivity index (χ0) is 7.40. The first-order chi connectivity index (χ1) is 4.84. The van der Waals surface area contributed by atoms with Crippen molar-refractivity contribution in [2.45, 2.75) is 6.42 Å². The summed E-state index contributed by atoms with van der Waals surface area (Å²) < 4.78 is 0. The molecule has 0 N–H and O–H groups in total. The van der Waals surface area contributed by atoms with Crippen molar-refractivity contribution >= 4 is 12.4 Å². The predicted molar refractivity (Wildman–Crippen MR) is 28.8 cm³/mol. The molecule has 0 aromatic heterocycles. The van der Waals surface area contributed by atoms with E-state index in [4.69, 9.17) is 0 Å². The molecule has 5 nitrogen and oxygen atoms in total. The van der Waals surface area contributed by atoms with Crippen molar-refractivity contribution < 1.29 is 19.3 Å². The largest absolute Gasteiger partial charge is 0.351 e. The highest BCUT2D eigenvalue weighted by Crippen LogP contribution is 2.03. The lowest BCUT2D eigenvalue weighted by molar-refractivity contribution is -0.294. The third-order valence-corrected chi connectivity index (χ3v) is 0.888. The van der Waals surface area contributed by atoms with Crippen LogP contribution in [0.5, 0.6) is 0 Å². The molecule has 54 valence electrons. The van der Waals surface area contributed by atoms with E-state index >= 15 is 0 Å². The summed E-state index contributed by atoms with van der Waals surface area (Å²) in [6.07, 6.45) is 2.98. The van der Waals surface area contributed by atoms with Crippen molar-refractivity contribution in [2.75, 3.05) is 0 Å². The summed E-state index contributed by atoms with van der Waals surface area (Å²) in [6, 6.07) is 0. The summed E-state index contributed by atoms with van der Waals surface area (Å²) >= 11 is 0. The monoisotopic (exact) mass is 143 g/mol. The lowest BCUT2D eigenvalue weighted by Gasteiger charge is -2.17. The molecule has 0 atom stereocenters. The van der Waals surface area contributed by atoms with E-state index < -0.39 is 5.91 Å². The summed E-state index contributed by atoms with van der Waals surface area (Å²) in [5, 5.41) is 0.521. The summed E-state index contributed by atoms with van der Waals surface area (Å²) in [4.78, 5) is 29.0. The topological polar surface area (TPSA) is 55.8 Å². The highest BCUT2D eigenvalue weighted by atomic mass is 17.0. The minimum absolute atomic E-state index is 0.122. The van der Waals surface area contributed by atoms with Crippen molar-refractivity contribution in [3.63, 3.8) is 0 Å². The standard InChI is InChI=1S/C5H5NO4/c7-4-10-6-5(8)2-1-3-9-6/h1,3-4H,2H2. The molecule has 0 aromatic rings. The van der Waals surface area contributed by atoms with Gasteiger partial charge in [-0.1, -0.05) is 0 Å². The first-order valence-corrected chi connectivity index (χ1v) is 2.60. The second-order valence-electron chi connectivity index (χ2n) is 1.53. The molecule has 0 spiro atoms. The summed E-state index contributed by atoms with van der Waals surface area (Å²) in [7, 11) is 0. The smallest absolute Gasteiger partial charge is 0.325 e. The van der Waals surface area contributed by atoms with E-state index in [1.54, 1.807) is 0 Å². The molecule has 0 fully saturated rings. The Morgan fingerprint density at radius 1 is 1.80 bits per heavy atom. The zero-order valence-electron chi connectivity index (χ0n) is 5.02. The van der Waals surface area contributed by atoms with Crippen LogP contribution >= 0.6 is 0 Å². The maximum Gasteiger partial charge on any atom is 0.325 e. The van der Waals surface area contributed by atoms with Crippen LogP contribution in [-0.2, 0) is 19.3 Å². The predicted octanol–water partition coefficient (Wildman–Crippen LogP) is -0.248. The summed E-state index contributed by atoms with van der Waals surface area (Å²) in [5.74, 6) is -0.408. The van der Waals surface area contributed by atoms with Gasteiger partial charge in [-0.25, -0.2) is 0 Å². The Bertz CT molecular complexity index is 176. The fourth-order valence-electron chi connectivity index (χ4n) is 0.503. The molecule has 10 heavy (non-hydrogen) atoms. The van der Waals surface area contributed by atoms with E-state index in [0.29, 0.717) is 5.23 Å². The van der Waals surface area contributed by atoms with Crippen molar-refractivity contribution in [2.24, 2.45) is 0 Å². The first kappa shape index (κ1) is 6.60. The number of nitrogens with zero attached hydrogens (tertiary/aromatic N) is 1. The van der Waals surface area contributed by atoms with Gasteiger partial charge >= 0.3 is 12.4 Å². The molecule has 0 saturated carbocycles. The Kier molecular flexibility index (Phi) is 1.89. The first-order valence-electron chi connectivity index (χ1n) is 2.60. The molecule has 0 radical (unpaired) electrons. The van der Waals surface area contributed by atoms with Crippen molar-refractivity contribution in [1.82, 2.24) is 5.23 Å². The van der Waals surface area contributed by atoms with Gasteiger partial charge in [0.1, 0.15) is 6.26 Å². The van der Waals surface area contributed by atoms with Crippen LogP contribution in [0.4, 0.5) is 0 Å². The van der Waals surface area contributed by atoms with E-state index in [1.807, 2.05) is 0 Å². The van der Waals surface area contributed by atoms with Crippen molar-refractivity contribution in [1.29, 1.82) is 0 Å². The number of carbonyl (C=O) groups excluding carboxylic acids is 2. The molecular formula is C5H5NO4. The quantitative estimate of drug-likeness (QED) is 0.500. The summed E-state index contributed by atoms with van der Waals surface area (Å²) in [5.41, 5.74) is 0. The molecule has 0 aromatic carbocycles. The Morgan fingerprint density at radius 3 is 3.20 bits per heavy atom. The Balaban J connectivity index is 2.50.